The number of thioether (sulfide) groups is 1. The third kappa shape index (κ3) is 3.45. The molecule has 20 heavy (non-hydrogen) atoms. The van der Waals surface area contributed by atoms with Gasteiger partial charge in [0.15, 0.2) is 0 Å². The summed E-state index contributed by atoms with van der Waals surface area (Å²) < 4.78 is 16.1. The molecule has 1 heterocycles. The molecule has 6 heteroatoms. The van der Waals surface area contributed by atoms with E-state index in [-0.39, 0.29) is 0 Å². The lowest BCUT2D eigenvalue weighted by molar-refractivity contribution is 0.394. The van der Waals surface area contributed by atoms with E-state index in [0.717, 1.165) is 12.0 Å². The largest absolute Gasteiger partial charge is 0.497 e. The zero-order valence-electron chi connectivity index (χ0n) is 12.0. The number of aromatic nitrogens is 2. The molecule has 0 aliphatic rings. The zero-order chi connectivity index (χ0) is 14.5. The number of hydrogen-bond donors (Lipinski definition) is 0. The second-order valence-electron chi connectivity index (χ2n) is 4.31. The van der Waals surface area contributed by atoms with Gasteiger partial charge >= 0.3 is 0 Å². The van der Waals surface area contributed by atoms with Gasteiger partial charge in [0.05, 0.1) is 14.2 Å². The van der Waals surface area contributed by atoms with Crippen LogP contribution in [-0.2, 0) is 0 Å². The van der Waals surface area contributed by atoms with Gasteiger partial charge in [-0.2, -0.15) is 0 Å². The fraction of sp³-hybridized carbons (Fsp3) is 0.429. The fourth-order valence-electron chi connectivity index (χ4n) is 1.56. The maximum Gasteiger partial charge on any atom is 0.277 e. The Balaban J connectivity index is 2.27. The third-order valence-electron chi connectivity index (χ3n) is 2.88. The van der Waals surface area contributed by atoms with Crippen LogP contribution in [-0.4, -0.2) is 29.7 Å². The SMILES string of the molecule is CC[C@H](C)Sc1nnc(-c2cc(OC)cc(OC)c2)o1. The molecule has 108 valence electrons. The topological polar surface area (TPSA) is 57.4 Å². The summed E-state index contributed by atoms with van der Waals surface area (Å²) in [7, 11) is 3.22. The van der Waals surface area contributed by atoms with E-state index in [9.17, 15) is 0 Å². The molecule has 1 atom stereocenters. The van der Waals surface area contributed by atoms with Gasteiger partial charge in [-0.3, -0.25) is 0 Å². The summed E-state index contributed by atoms with van der Waals surface area (Å²) in [5.74, 6) is 1.84. The number of ether oxygens (including phenoxy) is 2. The van der Waals surface area contributed by atoms with Gasteiger partial charge in [-0.25, -0.2) is 0 Å². The average molecular weight is 294 g/mol. The minimum Gasteiger partial charge on any atom is -0.497 e. The number of methoxy groups -OCH3 is 2. The molecule has 0 spiro atoms. The van der Waals surface area contributed by atoms with Crippen molar-refractivity contribution in [3.8, 4) is 23.0 Å². The number of rotatable bonds is 6. The van der Waals surface area contributed by atoms with Crippen LogP contribution in [0.4, 0.5) is 0 Å². The fourth-order valence-corrected chi connectivity index (χ4v) is 2.29. The molecule has 0 radical (unpaired) electrons. The van der Waals surface area contributed by atoms with E-state index in [4.69, 9.17) is 13.9 Å². The van der Waals surface area contributed by atoms with E-state index in [1.54, 1.807) is 32.0 Å². The van der Waals surface area contributed by atoms with E-state index in [2.05, 4.69) is 24.0 Å². The van der Waals surface area contributed by atoms with Crippen LogP contribution in [0.15, 0.2) is 27.8 Å². The van der Waals surface area contributed by atoms with Gasteiger partial charge in [-0.15, -0.1) is 10.2 Å². The first-order valence-electron chi connectivity index (χ1n) is 6.39. The maximum absolute atomic E-state index is 5.67. The molecule has 5 nitrogen and oxygen atoms in total. The summed E-state index contributed by atoms with van der Waals surface area (Å²) >= 11 is 1.58. The van der Waals surface area contributed by atoms with Crippen LogP contribution in [0, 0.1) is 0 Å². The molecule has 0 fully saturated rings. The first-order chi connectivity index (χ1) is 9.66. The summed E-state index contributed by atoms with van der Waals surface area (Å²) in [6.07, 6.45) is 1.05. The maximum atomic E-state index is 5.67. The molecule has 0 amide bonds. The van der Waals surface area contributed by atoms with Crippen molar-refractivity contribution < 1.29 is 13.9 Å². The summed E-state index contributed by atoms with van der Waals surface area (Å²) in [6.45, 7) is 4.25. The van der Waals surface area contributed by atoms with Crippen molar-refractivity contribution in [3.05, 3.63) is 18.2 Å². The number of benzene rings is 1. The summed E-state index contributed by atoms with van der Waals surface area (Å²) in [5, 5.41) is 9.16. The smallest absolute Gasteiger partial charge is 0.277 e. The second kappa shape index (κ2) is 6.65. The Morgan fingerprint density at radius 3 is 2.35 bits per heavy atom. The highest BCUT2D eigenvalue weighted by atomic mass is 32.2. The van der Waals surface area contributed by atoms with E-state index in [1.807, 2.05) is 12.1 Å². The lowest BCUT2D eigenvalue weighted by Crippen LogP contribution is -1.91. The first-order valence-corrected chi connectivity index (χ1v) is 7.27. The van der Waals surface area contributed by atoms with Crippen molar-refractivity contribution in [1.82, 2.24) is 10.2 Å². The number of hydrogen-bond acceptors (Lipinski definition) is 6. The average Bonchev–Trinajstić information content (AvgIpc) is 2.94. The Kier molecular flexibility index (Phi) is 4.89. The molecule has 0 unspecified atom stereocenters. The summed E-state index contributed by atoms with van der Waals surface area (Å²) in [5.41, 5.74) is 0.782. The van der Waals surface area contributed by atoms with Crippen molar-refractivity contribution >= 4 is 11.8 Å². The molecular weight excluding hydrogens is 276 g/mol. The minimum absolute atomic E-state index is 0.447. The Labute approximate surface area is 122 Å². The predicted molar refractivity (Wildman–Crippen MR) is 78.4 cm³/mol. The van der Waals surface area contributed by atoms with Crippen LogP contribution in [0.3, 0.4) is 0 Å². The van der Waals surface area contributed by atoms with Gasteiger partial charge in [0.25, 0.3) is 5.22 Å². The highest BCUT2D eigenvalue weighted by Crippen LogP contribution is 2.31. The highest BCUT2D eigenvalue weighted by molar-refractivity contribution is 7.99. The Morgan fingerprint density at radius 2 is 1.80 bits per heavy atom. The van der Waals surface area contributed by atoms with Gasteiger partial charge < -0.3 is 13.9 Å². The standard InChI is InChI=1S/C14H18N2O3S/c1-5-9(2)20-14-16-15-13(19-14)10-6-11(17-3)8-12(7-10)18-4/h6-9H,5H2,1-4H3/t9-/m0/s1. The lowest BCUT2D eigenvalue weighted by Gasteiger charge is -2.06. The van der Waals surface area contributed by atoms with Gasteiger partial charge in [0, 0.05) is 16.9 Å². The molecule has 0 aliphatic carbocycles. The Hall–Kier alpha value is -1.69. The van der Waals surface area contributed by atoms with Gasteiger partial charge in [-0.1, -0.05) is 25.6 Å². The Bertz CT molecular complexity index is 549. The predicted octanol–water partition coefficient (Wildman–Crippen LogP) is 3.64. The molecule has 0 saturated carbocycles. The minimum atomic E-state index is 0.447. The van der Waals surface area contributed by atoms with Crippen molar-refractivity contribution in [2.75, 3.05) is 14.2 Å². The molecule has 0 bridgehead atoms. The normalized spacial score (nSPS) is 12.2. The molecule has 2 aromatic rings. The quantitative estimate of drug-likeness (QED) is 0.758. The third-order valence-corrected chi connectivity index (χ3v) is 3.98. The molecule has 0 N–H and O–H groups in total. The zero-order valence-corrected chi connectivity index (χ0v) is 12.9. The van der Waals surface area contributed by atoms with E-state index < -0.39 is 0 Å². The molecule has 2 rings (SSSR count). The van der Waals surface area contributed by atoms with Gasteiger partial charge in [0.2, 0.25) is 5.89 Å². The second-order valence-corrected chi connectivity index (χ2v) is 5.70. The van der Waals surface area contributed by atoms with Crippen LogP contribution in [0.1, 0.15) is 20.3 Å². The number of nitrogens with zero attached hydrogens (tertiary/aromatic N) is 2. The first kappa shape index (κ1) is 14.7. The van der Waals surface area contributed by atoms with Crippen LogP contribution in [0.2, 0.25) is 0 Å². The van der Waals surface area contributed by atoms with Crippen LogP contribution in [0.25, 0.3) is 11.5 Å². The highest BCUT2D eigenvalue weighted by Gasteiger charge is 2.13. The molecule has 1 aromatic heterocycles. The van der Waals surface area contributed by atoms with Gasteiger partial charge in [0.1, 0.15) is 11.5 Å². The molecule has 1 aromatic carbocycles. The van der Waals surface area contributed by atoms with Crippen molar-refractivity contribution in [2.24, 2.45) is 0 Å². The molecule has 0 saturated heterocycles. The van der Waals surface area contributed by atoms with Crippen LogP contribution in [0.5, 0.6) is 11.5 Å². The van der Waals surface area contributed by atoms with E-state index in [0.29, 0.717) is 27.9 Å². The van der Waals surface area contributed by atoms with Crippen molar-refractivity contribution in [1.29, 1.82) is 0 Å². The Morgan fingerprint density at radius 1 is 1.15 bits per heavy atom. The van der Waals surface area contributed by atoms with E-state index in [1.165, 1.54) is 0 Å². The van der Waals surface area contributed by atoms with Crippen LogP contribution < -0.4 is 9.47 Å². The molecular formula is C14H18N2O3S. The van der Waals surface area contributed by atoms with Crippen molar-refractivity contribution in [2.45, 2.75) is 30.7 Å². The van der Waals surface area contributed by atoms with E-state index >= 15 is 0 Å². The summed E-state index contributed by atoms with van der Waals surface area (Å²) in [6, 6.07) is 5.48. The van der Waals surface area contributed by atoms with Crippen LogP contribution >= 0.6 is 11.8 Å². The van der Waals surface area contributed by atoms with Crippen molar-refractivity contribution in [3.63, 3.8) is 0 Å². The lowest BCUT2D eigenvalue weighted by atomic mass is 10.2. The monoisotopic (exact) mass is 294 g/mol. The molecule has 0 aliphatic heterocycles. The summed E-state index contributed by atoms with van der Waals surface area (Å²) in [4.78, 5) is 0. The van der Waals surface area contributed by atoms with Gasteiger partial charge in [-0.05, 0) is 18.6 Å².